The van der Waals surface area contributed by atoms with Gasteiger partial charge in [-0.15, -0.1) is 0 Å². The van der Waals surface area contributed by atoms with E-state index in [4.69, 9.17) is 5.73 Å². The van der Waals surface area contributed by atoms with Gasteiger partial charge in [0.15, 0.2) is 5.16 Å². The topological polar surface area (TPSA) is 92.0 Å². The van der Waals surface area contributed by atoms with Gasteiger partial charge in [0, 0.05) is 11.8 Å². The fourth-order valence-corrected chi connectivity index (χ4v) is 1.60. The molecule has 0 unspecified atom stereocenters. The first-order chi connectivity index (χ1) is 6.37. The Kier molecular flexibility index (Phi) is 3.17. The molecule has 6 heteroatoms. The number of H-pyrrole nitrogens is 1. The molecule has 0 bridgehead atoms. The van der Waals surface area contributed by atoms with Crippen molar-refractivity contribution in [2.24, 2.45) is 0 Å². The number of nitrogens with two attached hydrogens (primary N) is 1. The molecule has 5 nitrogen and oxygen atoms in total. The SMILES string of the molecule is CC(C)(O)CSc1nc(N)cc(=O)[nH]1. The molecule has 1 aromatic rings. The van der Waals surface area contributed by atoms with Gasteiger partial charge in [-0.2, -0.15) is 0 Å². The monoisotopic (exact) mass is 215 g/mol. The molecule has 0 aliphatic rings. The first-order valence-electron chi connectivity index (χ1n) is 4.09. The maximum atomic E-state index is 11.0. The minimum Gasteiger partial charge on any atom is -0.390 e. The van der Waals surface area contributed by atoms with E-state index in [2.05, 4.69) is 9.97 Å². The van der Waals surface area contributed by atoms with Gasteiger partial charge in [-0.25, -0.2) is 4.98 Å². The average molecular weight is 215 g/mol. The molecular formula is C8H13N3O2S. The minimum absolute atomic E-state index is 0.187. The van der Waals surface area contributed by atoms with Gasteiger partial charge in [0.05, 0.1) is 5.60 Å². The fourth-order valence-electron chi connectivity index (χ4n) is 0.767. The molecule has 0 spiro atoms. The van der Waals surface area contributed by atoms with E-state index in [0.29, 0.717) is 10.9 Å². The Morgan fingerprint density at radius 2 is 2.36 bits per heavy atom. The van der Waals surface area contributed by atoms with E-state index in [1.54, 1.807) is 13.8 Å². The molecule has 0 radical (unpaired) electrons. The summed E-state index contributed by atoms with van der Waals surface area (Å²) in [6.45, 7) is 3.37. The van der Waals surface area contributed by atoms with E-state index < -0.39 is 5.60 Å². The highest BCUT2D eigenvalue weighted by atomic mass is 32.2. The Hall–Kier alpha value is -1.01. The lowest BCUT2D eigenvalue weighted by Crippen LogP contribution is -2.22. The molecule has 1 aromatic heterocycles. The summed E-state index contributed by atoms with van der Waals surface area (Å²) in [6, 6.07) is 1.22. The molecule has 0 fully saturated rings. The molecule has 14 heavy (non-hydrogen) atoms. The molecule has 0 aliphatic carbocycles. The first kappa shape index (κ1) is 11.1. The lowest BCUT2D eigenvalue weighted by atomic mass is 10.2. The summed E-state index contributed by atoms with van der Waals surface area (Å²) in [5.74, 6) is 0.631. The van der Waals surface area contributed by atoms with Crippen LogP contribution in [0.15, 0.2) is 16.0 Å². The molecule has 0 amide bonds. The van der Waals surface area contributed by atoms with Crippen LogP contribution in [-0.4, -0.2) is 26.4 Å². The molecule has 4 N–H and O–H groups in total. The predicted molar refractivity (Wildman–Crippen MR) is 56.3 cm³/mol. The molecule has 0 aliphatic heterocycles. The van der Waals surface area contributed by atoms with Crippen LogP contribution in [0.25, 0.3) is 0 Å². The standard InChI is InChI=1S/C8H13N3O2S/c1-8(2,13)4-14-7-10-5(9)3-6(12)11-7/h3,13H,4H2,1-2H3,(H3,9,10,11,12). The normalized spacial score (nSPS) is 11.6. The zero-order valence-electron chi connectivity index (χ0n) is 8.07. The van der Waals surface area contributed by atoms with Crippen molar-refractivity contribution in [1.82, 2.24) is 9.97 Å². The van der Waals surface area contributed by atoms with Crippen molar-refractivity contribution in [2.45, 2.75) is 24.6 Å². The number of aromatic amines is 1. The van der Waals surface area contributed by atoms with Crippen molar-refractivity contribution in [3.8, 4) is 0 Å². The number of rotatable bonds is 3. The largest absolute Gasteiger partial charge is 0.390 e. The third-order valence-corrected chi connectivity index (χ3v) is 2.62. The van der Waals surface area contributed by atoms with E-state index in [9.17, 15) is 9.90 Å². The van der Waals surface area contributed by atoms with Crippen LogP contribution in [0.1, 0.15) is 13.8 Å². The number of hydrogen-bond acceptors (Lipinski definition) is 5. The Balaban J connectivity index is 2.73. The highest BCUT2D eigenvalue weighted by Gasteiger charge is 2.13. The fraction of sp³-hybridized carbons (Fsp3) is 0.500. The molecule has 0 atom stereocenters. The zero-order valence-corrected chi connectivity index (χ0v) is 8.89. The van der Waals surface area contributed by atoms with Gasteiger partial charge in [-0.05, 0) is 13.8 Å². The van der Waals surface area contributed by atoms with Crippen molar-refractivity contribution in [3.05, 3.63) is 16.4 Å². The Labute approximate surface area is 85.7 Å². The number of thioether (sulfide) groups is 1. The van der Waals surface area contributed by atoms with E-state index in [0.717, 1.165) is 0 Å². The molecule has 78 valence electrons. The molecular weight excluding hydrogens is 202 g/mol. The first-order valence-corrected chi connectivity index (χ1v) is 5.07. The lowest BCUT2D eigenvalue weighted by molar-refractivity contribution is 0.107. The second-order valence-electron chi connectivity index (χ2n) is 3.58. The van der Waals surface area contributed by atoms with Crippen molar-refractivity contribution in [1.29, 1.82) is 0 Å². The summed E-state index contributed by atoms with van der Waals surface area (Å²) >= 11 is 1.26. The highest BCUT2D eigenvalue weighted by Crippen LogP contribution is 2.18. The predicted octanol–water partition coefficient (Wildman–Crippen LogP) is 0.215. The van der Waals surface area contributed by atoms with Crippen molar-refractivity contribution in [3.63, 3.8) is 0 Å². The van der Waals surface area contributed by atoms with Crippen LogP contribution >= 0.6 is 11.8 Å². The maximum Gasteiger partial charge on any atom is 0.253 e. The van der Waals surface area contributed by atoms with E-state index >= 15 is 0 Å². The second kappa shape index (κ2) is 4.02. The van der Waals surface area contributed by atoms with E-state index in [1.807, 2.05) is 0 Å². The number of nitrogen functional groups attached to an aromatic ring is 1. The van der Waals surface area contributed by atoms with Crippen LogP contribution in [0.2, 0.25) is 0 Å². The average Bonchev–Trinajstić information content (AvgIpc) is 1.97. The number of aliphatic hydroxyl groups is 1. The van der Waals surface area contributed by atoms with Crippen LogP contribution in [0.4, 0.5) is 5.82 Å². The Bertz CT molecular complexity index is 370. The number of nitrogens with zero attached hydrogens (tertiary/aromatic N) is 1. The van der Waals surface area contributed by atoms with Gasteiger partial charge < -0.3 is 15.8 Å². The zero-order chi connectivity index (χ0) is 10.8. The summed E-state index contributed by atoms with van der Waals surface area (Å²) in [5.41, 5.74) is 4.31. The van der Waals surface area contributed by atoms with Crippen molar-refractivity contribution >= 4 is 17.6 Å². The van der Waals surface area contributed by atoms with Gasteiger partial charge in [0.2, 0.25) is 0 Å². The van der Waals surface area contributed by atoms with Gasteiger partial charge >= 0.3 is 0 Å². The van der Waals surface area contributed by atoms with Crippen molar-refractivity contribution < 1.29 is 5.11 Å². The van der Waals surface area contributed by atoms with Gasteiger partial charge in [0.25, 0.3) is 5.56 Å². The summed E-state index contributed by atoms with van der Waals surface area (Å²) in [5, 5.41) is 9.87. The maximum absolute atomic E-state index is 11.0. The Morgan fingerprint density at radius 3 is 2.86 bits per heavy atom. The number of hydrogen-bond donors (Lipinski definition) is 3. The molecule has 1 rings (SSSR count). The molecule has 0 saturated heterocycles. The van der Waals surface area contributed by atoms with Crippen LogP contribution in [0.5, 0.6) is 0 Å². The lowest BCUT2D eigenvalue weighted by Gasteiger charge is -2.15. The van der Waals surface area contributed by atoms with E-state index in [1.165, 1.54) is 17.8 Å². The molecule has 0 aromatic carbocycles. The van der Waals surface area contributed by atoms with Crippen LogP contribution in [0.3, 0.4) is 0 Å². The molecule has 1 heterocycles. The second-order valence-corrected chi connectivity index (χ2v) is 4.54. The van der Waals surface area contributed by atoms with Crippen LogP contribution in [0, 0.1) is 0 Å². The smallest absolute Gasteiger partial charge is 0.253 e. The number of nitrogens with one attached hydrogen (secondary N) is 1. The third kappa shape index (κ3) is 3.80. The van der Waals surface area contributed by atoms with Crippen LogP contribution in [-0.2, 0) is 0 Å². The summed E-state index contributed by atoms with van der Waals surface area (Å²) in [4.78, 5) is 17.4. The van der Waals surface area contributed by atoms with Gasteiger partial charge in [0.1, 0.15) is 5.82 Å². The number of anilines is 1. The van der Waals surface area contributed by atoms with Crippen LogP contribution < -0.4 is 11.3 Å². The van der Waals surface area contributed by atoms with Crippen molar-refractivity contribution in [2.75, 3.05) is 11.5 Å². The Morgan fingerprint density at radius 1 is 1.71 bits per heavy atom. The summed E-state index contributed by atoms with van der Waals surface area (Å²) in [7, 11) is 0. The summed E-state index contributed by atoms with van der Waals surface area (Å²) in [6.07, 6.45) is 0. The summed E-state index contributed by atoms with van der Waals surface area (Å²) < 4.78 is 0. The van der Waals surface area contributed by atoms with Gasteiger partial charge in [-0.1, -0.05) is 11.8 Å². The number of aromatic nitrogens is 2. The molecule has 0 saturated carbocycles. The quantitative estimate of drug-likeness (QED) is 0.495. The highest BCUT2D eigenvalue weighted by molar-refractivity contribution is 7.99. The van der Waals surface area contributed by atoms with E-state index in [-0.39, 0.29) is 11.4 Å². The third-order valence-electron chi connectivity index (χ3n) is 1.30. The van der Waals surface area contributed by atoms with Gasteiger partial charge in [-0.3, -0.25) is 4.79 Å². The minimum atomic E-state index is -0.798.